The highest BCUT2D eigenvalue weighted by molar-refractivity contribution is 5.85. The number of halogens is 2. The van der Waals surface area contributed by atoms with Crippen LogP contribution in [0.1, 0.15) is 50.2 Å². The van der Waals surface area contributed by atoms with E-state index in [0.29, 0.717) is 5.56 Å². The first-order valence-corrected chi connectivity index (χ1v) is 12.0. The molecule has 3 aromatic rings. The van der Waals surface area contributed by atoms with Crippen molar-refractivity contribution in [3.8, 4) is 11.1 Å². The maximum Gasteiger partial charge on any atom is 0.412 e. The number of amides is 1. The van der Waals surface area contributed by atoms with E-state index in [1.165, 1.54) is 49.8 Å². The van der Waals surface area contributed by atoms with E-state index in [2.05, 4.69) is 12.2 Å². The zero-order valence-corrected chi connectivity index (χ0v) is 19.5. The average Bonchev–Trinajstić information content (AvgIpc) is 2.86. The molecule has 1 aliphatic carbocycles. The van der Waals surface area contributed by atoms with Gasteiger partial charge in [0, 0.05) is 5.56 Å². The lowest BCUT2D eigenvalue weighted by molar-refractivity contribution is 0.155. The Labute approximate surface area is 200 Å². The summed E-state index contributed by atoms with van der Waals surface area (Å²) in [6, 6.07) is 19.6. The Morgan fingerprint density at radius 2 is 1.59 bits per heavy atom. The van der Waals surface area contributed by atoms with Gasteiger partial charge in [0.1, 0.15) is 6.61 Å². The first-order chi connectivity index (χ1) is 16.5. The van der Waals surface area contributed by atoms with E-state index >= 15 is 0 Å². The minimum absolute atomic E-state index is 0.0427. The predicted octanol–water partition coefficient (Wildman–Crippen LogP) is 8.14. The molecule has 0 saturated heterocycles. The fraction of sp³-hybridized carbons (Fsp3) is 0.345. The second-order valence-corrected chi connectivity index (χ2v) is 9.34. The van der Waals surface area contributed by atoms with E-state index < -0.39 is 17.7 Å². The van der Waals surface area contributed by atoms with Gasteiger partial charge < -0.3 is 4.74 Å². The second kappa shape index (κ2) is 11.3. The summed E-state index contributed by atoms with van der Waals surface area (Å²) in [4.78, 5) is 12.0. The van der Waals surface area contributed by atoms with E-state index in [0.717, 1.165) is 23.8 Å². The summed E-state index contributed by atoms with van der Waals surface area (Å²) in [5, 5.41) is 2.28. The van der Waals surface area contributed by atoms with Crippen molar-refractivity contribution in [2.75, 3.05) is 5.32 Å². The van der Waals surface area contributed by atoms with Crippen LogP contribution in [0.5, 0.6) is 0 Å². The molecule has 0 radical (unpaired) electrons. The monoisotopic (exact) mass is 463 g/mol. The minimum Gasteiger partial charge on any atom is -0.444 e. The molecule has 0 heterocycles. The van der Waals surface area contributed by atoms with Gasteiger partial charge in [-0.1, -0.05) is 87.2 Å². The second-order valence-electron chi connectivity index (χ2n) is 9.34. The lowest BCUT2D eigenvalue weighted by Crippen LogP contribution is -2.15. The highest BCUT2D eigenvalue weighted by atomic mass is 19.2. The molecule has 3 nitrogen and oxygen atoms in total. The van der Waals surface area contributed by atoms with Crippen LogP contribution in [0.4, 0.5) is 19.3 Å². The topological polar surface area (TPSA) is 38.3 Å². The smallest absolute Gasteiger partial charge is 0.412 e. The number of aryl methyl sites for hydroxylation is 1. The highest BCUT2D eigenvalue weighted by Gasteiger charge is 2.19. The average molecular weight is 464 g/mol. The molecule has 1 aliphatic rings. The maximum atomic E-state index is 14.8. The number of anilines is 1. The molecule has 0 bridgehead atoms. The molecule has 0 unspecified atom stereocenters. The summed E-state index contributed by atoms with van der Waals surface area (Å²) >= 11 is 0. The van der Waals surface area contributed by atoms with Crippen LogP contribution in [0, 0.1) is 23.5 Å². The van der Waals surface area contributed by atoms with Crippen LogP contribution in [0.25, 0.3) is 11.1 Å². The van der Waals surface area contributed by atoms with Gasteiger partial charge >= 0.3 is 6.09 Å². The fourth-order valence-electron chi connectivity index (χ4n) is 4.58. The number of rotatable bonds is 7. The number of hydrogen-bond donors (Lipinski definition) is 1. The maximum absolute atomic E-state index is 14.8. The summed E-state index contributed by atoms with van der Waals surface area (Å²) in [6.45, 7) is 2.37. The van der Waals surface area contributed by atoms with Crippen LogP contribution in [0.2, 0.25) is 0 Å². The first kappa shape index (κ1) is 23.9. The number of carbonyl (C=O) groups is 1. The molecule has 0 spiro atoms. The van der Waals surface area contributed by atoms with E-state index in [4.69, 9.17) is 4.74 Å². The third kappa shape index (κ3) is 6.22. The summed E-state index contributed by atoms with van der Waals surface area (Å²) in [6.07, 6.45) is 6.61. The third-order valence-corrected chi connectivity index (χ3v) is 6.77. The predicted molar refractivity (Wildman–Crippen MR) is 131 cm³/mol. The zero-order valence-electron chi connectivity index (χ0n) is 19.5. The Bertz CT molecular complexity index is 1090. The zero-order chi connectivity index (χ0) is 23.9. The van der Waals surface area contributed by atoms with Gasteiger partial charge in [-0.15, -0.1) is 0 Å². The van der Waals surface area contributed by atoms with Crippen LogP contribution < -0.4 is 5.32 Å². The van der Waals surface area contributed by atoms with Crippen molar-refractivity contribution in [1.82, 2.24) is 0 Å². The largest absolute Gasteiger partial charge is 0.444 e. The third-order valence-electron chi connectivity index (χ3n) is 6.77. The van der Waals surface area contributed by atoms with Gasteiger partial charge in [0.15, 0.2) is 11.6 Å². The molecule has 1 saturated carbocycles. The molecule has 4 rings (SSSR count). The van der Waals surface area contributed by atoms with E-state index in [9.17, 15) is 13.6 Å². The Morgan fingerprint density at radius 3 is 2.29 bits per heavy atom. The van der Waals surface area contributed by atoms with Crippen molar-refractivity contribution < 1.29 is 18.3 Å². The number of carbonyl (C=O) groups excluding carboxylic acids is 1. The van der Waals surface area contributed by atoms with Gasteiger partial charge in [-0.2, -0.15) is 0 Å². The Hall–Kier alpha value is -3.21. The summed E-state index contributed by atoms with van der Waals surface area (Å²) in [5.74, 6) is -0.455. The van der Waals surface area contributed by atoms with E-state index in [-0.39, 0.29) is 17.9 Å². The lowest BCUT2D eigenvalue weighted by Gasteiger charge is -2.26. The van der Waals surface area contributed by atoms with Crippen molar-refractivity contribution in [3.05, 3.63) is 89.5 Å². The molecule has 3 aromatic carbocycles. The molecule has 1 fully saturated rings. The number of ether oxygens (including phenoxy) is 1. The van der Waals surface area contributed by atoms with E-state index in [1.807, 2.05) is 54.6 Å². The molecule has 178 valence electrons. The first-order valence-electron chi connectivity index (χ1n) is 12.0. The van der Waals surface area contributed by atoms with Crippen molar-refractivity contribution in [3.63, 3.8) is 0 Å². The van der Waals surface area contributed by atoms with Gasteiger partial charge in [0.25, 0.3) is 0 Å². The van der Waals surface area contributed by atoms with Gasteiger partial charge in [-0.25, -0.2) is 13.6 Å². The summed E-state index contributed by atoms with van der Waals surface area (Å²) < 4.78 is 34.6. The molecule has 5 heteroatoms. The van der Waals surface area contributed by atoms with Gasteiger partial charge in [-0.3, -0.25) is 5.32 Å². The van der Waals surface area contributed by atoms with Crippen molar-refractivity contribution >= 4 is 11.8 Å². The molecular formula is C29H31F2NO2. The van der Waals surface area contributed by atoms with Crippen LogP contribution in [0.15, 0.2) is 66.7 Å². The number of nitrogens with one attached hydrogen (secondary N) is 1. The molecule has 1 amide bonds. The minimum atomic E-state index is -1.11. The molecular weight excluding hydrogens is 432 g/mol. The van der Waals surface area contributed by atoms with Crippen molar-refractivity contribution in [2.45, 2.75) is 52.1 Å². The summed E-state index contributed by atoms with van der Waals surface area (Å²) in [7, 11) is 0. The highest BCUT2D eigenvalue weighted by Crippen LogP contribution is 2.32. The van der Waals surface area contributed by atoms with Gasteiger partial charge in [-0.05, 0) is 53.5 Å². The van der Waals surface area contributed by atoms with E-state index in [1.54, 1.807) is 0 Å². The standard InChI is InChI=1S/C29H31F2NO2/c1-20-7-9-21(10-8-20)11-12-22-13-15-24(16-14-22)25-17-18-26(28(31)27(25)30)32-29(33)34-19-23-5-3-2-4-6-23/h2-6,13-18,20-21H,7-12,19H2,1H3,(H,32,33). The van der Waals surface area contributed by atoms with Crippen LogP contribution >= 0.6 is 0 Å². The number of hydrogen-bond acceptors (Lipinski definition) is 2. The van der Waals surface area contributed by atoms with Crippen LogP contribution in [0.3, 0.4) is 0 Å². The van der Waals surface area contributed by atoms with Crippen molar-refractivity contribution in [1.29, 1.82) is 0 Å². The lowest BCUT2D eigenvalue weighted by atomic mass is 9.80. The SMILES string of the molecule is CC1CCC(CCc2ccc(-c3ccc(NC(=O)OCc4ccccc4)c(F)c3F)cc2)CC1. The summed E-state index contributed by atoms with van der Waals surface area (Å²) in [5.41, 5.74) is 2.52. The quantitative estimate of drug-likeness (QED) is 0.384. The molecule has 0 aliphatic heterocycles. The number of benzene rings is 3. The van der Waals surface area contributed by atoms with Gasteiger partial charge in [0.05, 0.1) is 5.69 Å². The molecule has 0 atom stereocenters. The van der Waals surface area contributed by atoms with Crippen LogP contribution in [-0.4, -0.2) is 6.09 Å². The molecule has 0 aromatic heterocycles. The fourth-order valence-corrected chi connectivity index (χ4v) is 4.58. The Balaban J connectivity index is 1.35. The van der Waals surface area contributed by atoms with Crippen LogP contribution in [-0.2, 0) is 17.8 Å². The Morgan fingerprint density at radius 1 is 0.882 bits per heavy atom. The Kier molecular flexibility index (Phi) is 7.94. The molecule has 34 heavy (non-hydrogen) atoms. The molecule has 1 N–H and O–H groups in total. The normalized spacial score (nSPS) is 17.9. The van der Waals surface area contributed by atoms with Gasteiger partial charge in [0.2, 0.25) is 0 Å². The van der Waals surface area contributed by atoms with Crippen molar-refractivity contribution in [2.24, 2.45) is 11.8 Å².